The molecule has 24 heavy (non-hydrogen) atoms. The Balaban J connectivity index is 2.05. The molecule has 0 N–H and O–H groups in total. The van der Waals surface area contributed by atoms with E-state index < -0.39 is 24.0 Å². The molecule has 3 nitrogen and oxygen atoms in total. The van der Waals surface area contributed by atoms with Gasteiger partial charge in [0.1, 0.15) is 11.5 Å². The minimum Gasteiger partial charge on any atom is -0.398 e. The van der Waals surface area contributed by atoms with E-state index in [1.165, 1.54) is 18.3 Å². The van der Waals surface area contributed by atoms with Gasteiger partial charge >= 0.3 is 7.12 Å². The number of hydrogen-bond donors (Lipinski definition) is 0. The second kappa shape index (κ2) is 5.64. The Bertz CT molecular complexity index is 817. The molecule has 0 spiro atoms. The first-order valence-electron chi connectivity index (χ1n) is 7.89. The van der Waals surface area contributed by atoms with Gasteiger partial charge < -0.3 is 9.31 Å². The molecule has 126 valence electrons. The molecule has 2 heterocycles. The van der Waals surface area contributed by atoms with Crippen molar-refractivity contribution < 1.29 is 18.1 Å². The molecular formula is C18H20BF2NO2. The molecule has 1 aliphatic heterocycles. The molecule has 1 aromatic heterocycles. The molecule has 0 amide bonds. The first-order chi connectivity index (χ1) is 11.1. The summed E-state index contributed by atoms with van der Waals surface area (Å²) < 4.78 is 39.9. The van der Waals surface area contributed by atoms with Gasteiger partial charge in [-0.25, -0.2) is 8.78 Å². The van der Waals surface area contributed by atoms with Crippen molar-refractivity contribution in [3.8, 4) is 0 Å². The molecule has 3 rings (SSSR count). The summed E-state index contributed by atoms with van der Waals surface area (Å²) in [7, 11) is -1.08. The fraction of sp³-hybridized carbons (Fsp3) is 0.389. The van der Waals surface area contributed by atoms with E-state index in [0.717, 1.165) is 0 Å². The van der Waals surface area contributed by atoms with Gasteiger partial charge in [0.25, 0.3) is 0 Å². The van der Waals surface area contributed by atoms with E-state index in [0.29, 0.717) is 22.0 Å². The van der Waals surface area contributed by atoms with E-state index in [9.17, 15) is 8.78 Å². The predicted molar refractivity (Wildman–Crippen MR) is 91.5 cm³/mol. The summed E-state index contributed by atoms with van der Waals surface area (Å²) in [6.07, 6.45) is 1.54. The lowest BCUT2D eigenvalue weighted by molar-refractivity contribution is 0.00578. The van der Waals surface area contributed by atoms with Crippen molar-refractivity contribution in [1.82, 2.24) is 4.98 Å². The van der Waals surface area contributed by atoms with Gasteiger partial charge in [0.05, 0.1) is 16.9 Å². The number of nitrogens with zero attached hydrogens (tertiary/aromatic N) is 1. The molecule has 1 saturated heterocycles. The fourth-order valence-electron chi connectivity index (χ4n) is 2.68. The number of pyridine rings is 1. The van der Waals surface area contributed by atoms with Crippen molar-refractivity contribution >= 4 is 23.5 Å². The maximum atomic E-state index is 15.0. The first-order valence-corrected chi connectivity index (χ1v) is 7.89. The second-order valence-corrected chi connectivity index (χ2v) is 7.09. The molecule has 0 atom stereocenters. The molecule has 0 radical (unpaired) electrons. The number of halogens is 2. The van der Waals surface area contributed by atoms with Crippen LogP contribution < -0.4 is 0 Å². The normalized spacial score (nSPS) is 20.4. The zero-order valence-corrected chi connectivity index (χ0v) is 14.5. The summed E-state index contributed by atoms with van der Waals surface area (Å²) in [5.41, 5.74) is -0.974. The maximum absolute atomic E-state index is 15.0. The summed E-state index contributed by atoms with van der Waals surface area (Å²) in [6.45, 7) is 9.11. The molecule has 0 bridgehead atoms. The molecule has 1 aliphatic rings. The first kappa shape index (κ1) is 17.1. The van der Waals surface area contributed by atoms with Gasteiger partial charge in [-0.3, -0.25) is 4.98 Å². The number of benzene rings is 1. The molecule has 0 unspecified atom stereocenters. The van der Waals surface area contributed by atoms with Crippen molar-refractivity contribution in [2.45, 2.75) is 45.8 Å². The largest absolute Gasteiger partial charge is 0.525 e. The van der Waals surface area contributed by atoms with E-state index >= 15 is 0 Å². The van der Waals surface area contributed by atoms with E-state index in [4.69, 9.17) is 9.31 Å². The maximum Gasteiger partial charge on any atom is 0.525 e. The Morgan fingerprint density at radius 3 is 2.33 bits per heavy atom. The SMILES string of the molecule is CC(=C(F)B1OC(C)(C)C(C)(C)O1)c1nccc2cc(F)ccc12. The number of fused-ring (bicyclic) bond motifs is 1. The minimum absolute atomic E-state index is 0.325. The zero-order valence-electron chi connectivity index (χ0n) is 14.5. The number of allylic oxidation sites excluding steroid dienone is 1. The van der Waals surface area contributed by atoms with Crippen LogP contribution in [0.25, 0.3) is 16.3 Å². The Morgan fingerprint density at radius 2 is 1.71 bits per heavy atom. The monoisotopic (exact) mass is 331 g/mol. The van der Waals surface area contributed by atoms with Gasteiger partial charge in [0.2, 0.25) is 0 Å². The van der Waals surface area contributed by atoms with E-state index in [2.05, 4.69) is 4.98 Å². The van der Waals surface area contributed by atoms with Gasteiger partial charge in [-0.15, -0.1) is 0 Å². The average molecular weight is 331 g/mol. The van der Waals surface area contributed by atoms with Crippen LogP contribution in [-0.4, -0.2) is 23.3 Å². The summed E-state index contributed by atoms with van der Waals surface area (Å²) in [5.74, 6) is -0.340. The van der Waals surface area contributed by atoms with Crippen LogP contribution in [-0.2, 0) is 9.31 Å². The Hall–Kier alpha value is -1.79. The van der Waals surface area contributed by atoms with Crippen LogP contribution in [0, 0.1) is 5.82 Å². The average Bonchev–Trinajstić information content (AvgIpc) is 2.73. The lowest BCUT2D eigenvalue weighted by Crippen LogP contribution is -2.41. The second-order valence-electron chi connectivity index (χ2n) is 7.09. The summed E-state index contributed by atoms with van der Waals surface area (Å²) in [6, 6.07) is 6.05. The third-order valence-corrected chi connectivity index (χ3v) is 4.90. The highest BCUT2D eigenvalue weighted by atomic mass is 19.1. The van der Waals surface area contributed by atoms with Crippen LogP contribution in [0.15, 0.2) is 36.2 Å². The van der Waals surface area contributed by atoms with Crippen LogP contribution in [0.2, 0.25) is 0 Å². The highest BCUT2D eigenvalue weighted by molar-refractivity contribution is 6.55. The Kier molecular flexibility index (Phi) is 4.01. The van der Waals surface area contributed by atoms with Crippen LogP contribution >= 0.6 is 0 Å². The van der Waals surface area contributed by atoms with Crippen LogP contribution in [0.4, 0.5) is 8.78 Å². The highest BCUT2D eigenvalue weighted by Crippen LogP contribution is 2.40. The standard InChI is InChI=1S/C18H20BF2NO2/c1-11(16(21)19-23-17(2,3)18(4,5)24-19)15-14-7-6-13(20)10-12(14)8-9-22-15/h6-10H,1-5H3. The smallest absolute Gasteiger partial charge is 0.398 e. The molecule has 0 aliphatic carbocycles. The van der Waals surface area contributed by atoms with Crippen molar-refractivity contribution in [1.29, 1.82) is 0 Å². The van der Waals surface area contributed by atoms with Crippen LogP contribution in [0.5, 0.6) is 0 Å². The van der Waals surface area contributed by atoms with E-state index in [1.807, 2.05) is 27.7 Å². The van der Waals surface area contributed by atoms with Gasteiger partial charge in [-0.05, 0) is 64.3 Å². The topological polar surface area (TPSA) is 31.4 Å². The van der Waals surface area contributed by atoms with Crippen molar-refractivity contribution in [2.75, 3.05) is 0 Å². The Labute approximate surface area is 140 Å². The van der Waals surface area contributed by atoms with Crippen molar-refractivity contribution in [3.63, 3.8) is 0 Å². The number of hydrogen-bond acceptors (Lipinski definition) is 3. The van der Waals surface area contributed by atoms with Gasteiger partial charge in [-0.2, -0.15) is 0 Å². The summed E-state index contributed by atoms with van der Waals surface area (Å²) in [4.78, 5) is 4.27. The van der Waals surface area contributed by atoms with E-state index in [1.54, 1.807) is 19.1 Å². The zero-order chi connectivity index (χ0) is 17.7. The van der Waals surface area contributed by atoms with Crippen molar-refractivity contribution in [3.05, 3.63) is 47.7 Å². The molecule has 1 aromatic carbocycles. The molecule has 0 saturated carbocycles. The van der Waals surface area contributed by atoms with Crippen LogP contribution in [0.3, 0.4) is 0 Å². The van der Waals surface area contributed by atoms with Gasteiger partial charge in [0.15, 0.2) is 0 Å². The lowest BCUT2D eigenvalue weighted by Gasteiger charge is -2.32. The lowest BCUT2D eigenvalue weighted by atomic mass is 9.83. The molecule has 6 heteroatoms. The number of aromatic nitrogens is 1. The summed E-state index contributed by atoms with van der Waals surface area (Å²) >= 11 is 0. The van der Waals surface area contributed by atoms with Crippen LogP contribution in [0.1, 0.15) is 40.3 Å². The van der Waals surface area contributed by atoms with E-state index in [-0.39, 0.29) is 5.82 Å². The molecule has 2 aromatic rings. The van der Waals surface area contributed by atoms with Gasteiger partial charge in [0, 0.05) is 17.2 Å². The highest BCUT2D eigenvalue weighted by Gasteiger charge is 2.53. The summed E-state index contributed by atoms with van der Waals surface area (Å²) in [5, 5.41) is 1.35. The third kappa shape index (κ3) is 2.74. The third-order valence-electron chi connectivity index (χ3n) is 4.90. The van der Waals surface area contributed by atoms with Gasteiger partial charge in [-0.1, -0.05) is 0 Å². The molecular weight excluding hydrogens is 311 g/mol. The predicted octanol–water partition coefficient (Wildman–Crippen LogP) is 4.71. The van der Waals surface area contributed by atoms with Crippen molar-refractivity contribution in [2.24, 2.45) is 0 Å². The fourth-order valence-corrected chi connectivity index (χ4v) is 2.68. The number of rotatable bonds is 2. The quantitative estimate of drug-likeness (QED) is 0.747. The minimum atomic E-state index is -1.08. The molecule has 1 fully saturated rings. The Morgan fingerprint density at radius 1 is 1.08 bits per heavy atom.